The van der Waals surface area contributed by atoms with Crippen molar-refractivity contribution in [2.24, 2.45) is 22.7 Å². The van der Waals surface area contributed by atoms with Gasteiger partial charge in [0, 0.05) is 5.56 Å². The van der Waals surface area contributed by atoms with Gasteiger partial charge < -0.3 is 14.4 Å². The summed E-state index contributed by atoms with van der Waals surface area (Å²) in [6.07, 6.45) is 5.77. The van der Waals surface area contributed by atoms with Crippen molar-refractivity contribution >= 4 is 10.4 Å². The van der Waals surface area contributed by atoms with E-state index in [4.69, 9.17) is 4.18 Å². The zero-order valence-electron chi connectivity index (χ0n) is 17.4. The zero-order chi connectivity index (χ0) is 21.6. The van der Waals surface area contributed by atoms with E-state index >= 15 is 0 Å². The summed E-state index contributed by atoms with van der Waals surface area (Å²) >= 11 is 0. The molecule has 0 amide bonds. The smallest absolute Gasteiger partial charge is 0.446 e. The van der Waals surface area contributed by atoms with Crippen molar-refractivity contribution in [3.8, 4) is 11.5 Å². The zero-order valence-corrected chi connectivity index (χ0v) is 18.3. The summed E-state index contributed by atoms with van der Waals surface area (Å²) in [5, 5.41) is 19.9. The van der Waals surface area contributed by atoms with Crippen molar-refractivity contribution in [3.63, 3.8) is 0 Å². The SMILES string of the molecule is C=C1CCC[C@H]2[C@@](C)(Cc3cc(CO)cc(O)c3OS(=O)(=O)O)[C@@H](C)CC[C@@]12C. The summed E-state index contributed by atoms with van der Waals surface area (Å²) in [5.74, 6) is 0.0515. The van der Waals surface area contributed by atoms with Crippen molar-refractivity contribution < 1.29 is 27.4 Å². The third-order valence-corrected chi connectivity index (χ3v) is 8.09. The maximum Gasteiger partial charge on any atom is 0.446 e. The van der Waals surface area contributed by atoms with Crippen LogP contribution in [0.15, 0.2) is 24.3 Å². The van der Waals surface area contributed by atoms with E-state index < -0.39 is 16.1 Å². The van der Waals surface area contributed by atoms with Crippen LogP contribution < -0.4 is 4.18 Å². The van der Waals surface area contributed by atoms with Gasteiger partial charge in [-0.1, -0.05) is 32.9 Å². The van der Waals surface area contributed by atoms with E-state index in [0.29, 0.717) is 29.4 Å². The summed E-state index contributed by atoms with van der Waals surface area (Å²) in [5.41, 5.74) is 2.06. The average Bonchev–Trinajstić information content (AvgIpc) is 2.62. The number of phenols is 1. The highest BCUT2D eigenvalue weighted by Gasteiger charge is 2.54. The first-order chi connectivity index (χ1) is 13.4. The number of aromatic hydroxyl groups is 1. The lowest BCUT2D eigenvalue weighted by Crippen LogP contribution is -2.51. The Kier molecular flexibility index (Phi) is 5.80. The molecule has 7 heteroatoms. The summed E-state index contributed by atoms with van der Waals surface area (Å²) in [6.45, 7) is 10.8. The van der Waals surface area contributed by atoms with Gasteiger partial charge in [0.2, 0.25) is 0 Å². The minimum absolute atomic E-state index is 0.0280. The standard InChI is InChI=1S/C22H32O6S/c1-14-6-5-7-19-21(14,3)9-8-15(2)22(19,4)12-17-10-16(13-23)11-18(24)20(17)28-29(25,26)27/h10-11,15,19,23-24H,1,5-9,12-13H2,2-4H3,(H,25,26,27)/t15-,19+,21-,22-/m0/s1. The highest BCUT2D eigenvalue weighted by Crippen LogP contribution is 2.62. The normalized spacial score (nSPS) is 32.7. The first-order valence-electron chi connectivity index (χ1n) is 10.2. The molecule has 2 aliphatic carbocycles. The Morgan fingerprint density at radius 3 is 2.59 bits per heavy atom. The molecular weight excluding hydrogens is 392 g/mol. The van der Waals surface area contributed by atoms with Crippen molar-refractivity contribution in [3.05, 3.63) is 35.4 Å². The van der Waals surface area contributed by atoms with Crippen LogP contribution in [-0.2, 0) is 23.4 Å². The first kappa shape index (κ1) is 22.1. The number of aliphatic hydroxyl groups excluding tert-OH is 1. The van der Waals surface area contributed by atoms with Crippen LogP contribution in [0.3, 0.4) is 0 Å². The van der Waals surface area contributed by atoms with Crippen molar-refractivity contribution in [2.45, 2.75) is 65.9 Å². The van der Waals surface area contributed by atoms with Crippen LogP contribution in [0.1, 0.15) is 64.0 Å². The molecular formula is C22H32O6S. The van der Waals surface area contributed by atoms with E-state index in [9.17, 15) is 23.2 Å². The summed E-state index contributed by atoms with van der Waals surface area (Å²) in [7, 11) is -4.80. The number of allylic oxidation sites excluding steroid dienone is 1. The number of benzene rings is 1. The van der Waals surface area contributed by atoms with E-state index in [-0.39, 0.29) is 23.2 Å². The second-order valence-electron chi connectivity index (χ2n) is 9.36. The van der Waals surface area contributed by atoms with Crippen LogP contribution in [0.5, 0.6) is 11.5 Å². The van der Waals surface area contributed by atoms with Crippen LogP contribution in [0.4, 0.5) is 0 Å². The number of aliphatic hydroxyl groups is 1. The topological polar surface area (TPSA) is 104 Å². The monoisotopic (exact) mass is 424 g/mol. The molecule has 1 aromatic carbocycles. The molecule has 3 rings (SSSR count). The van der Waals surface area contributed by atoms with Gasteiger partial charge in [0.1, 0.15) is 0 Å². The van der Waals surface area contributed by atoms with Gasteiger partial charge in [-0.2, -0.15) is 8.42 Å². The molecule has 0 aromatic heterocycles. The lowest BCUT2D eigenvalue weighted by atomic mass is 9.46. The molecule has 29 heavy (non-hydrogen) atoms. The Hall–Kier alpha value is -1.57. The van der Waals surface area contributed by atoms with Gasteiger partial charge in [0.15, 0.2) is 11.5 Å². The minimum atomic E-state index is -4.80. The number of fused-ring (bicyclic) bond motifs is 1. The maximum absolute atomic E-state index is 11.4. The Bertz CT molecular complexity index is 908. The lowest BCUT2D eigenvalue weighted by molar-refractivity contribution is -0.0490. The largest absolute Gasteiger partial charge is 0.504 e. The van der Waals surface area contributed by atoms with E-state index in [2.05, 4.69) is 27.4 Å². The average molecular weight is 425 g/mol. The lowest BCUT2D eigenvalue weighted by Gasteiger charge is -2.59. The van der Waals surface area contributed by atoms with Gasteiger partial charge in [0.05, 0.1) is 6.61 Å². The molecule has 0 aliphatic heterocycles. The number of hydrogen-bond donors (Lipinski definition) is 3. The molecule has 0 unspecified atom stereocenters. The van der Waals surface area contributed by atoms with Crippen molar-refractivity contribution in [1.82, 2.24) is 0 Å². The molecule has 0 spiro atoms. The molecule has 2 saturated carbocycles. The molecule has 162 valence electrons. The number of hydrogen-bond acceptors (Lipinski definition) is 5. The fraction of sp³-hybridized carbons (Fsp3) is 0.636. The van der Waals surface area contributed by atoms with E-state index in [1.54, 1.807) is 6.07 Å². The molecule has 2 fully saturated rings. The Morgan fingerprint density at radius 2 is 1.97 bits per heavy atom. The first-order valence-corrected chi connectivity index (χ1v) is 11.6. The Labute approximate surface area is 173 Å². The Morgan fingerprint density at radius 1 is 1.28 bits per heavy atom. The minimum Gasteiger partial charge on any atom is -0.504 e. The molecule has 6 nitrogen and oxygen atoms in total. The van der Waals surface area contributed by atoms with Gasteiger partial charge in [-0.3, -0.25) is 4.55 Å². The van der Waals surface area contributed by atoms with E-state index in [1.165, 1.54) is 11.6 Å². The van der Waals surface area contributed by atoms with Gasteiger partial charge >= 0.3 is 10.4 Å². The van der Waals surface area contributed by atoms with Crippen LogP contribution in [-0.4, -0.2) is 23.2 Å². The van der Waals surface area contributed by atoms with Crippen LogP contribution in [0.2, 0.25) is 0 Å². The summed E-state index contributed by atoms with van der Waals surface area (Å²) in [4.78, 5) is 0. The predicted molar refractivity (Wildman–Crippen MR) is 111 cm³/mol. The third kappa shape index (κ3) is 4.05. The van der Waals surface area contributed by atoms with E-state index in [0.717, 1.165) is 32.1 Å². The second kappa shape index (κ2) is 7.60. The fourth-order valence-corrected chi connectivity index (χ4v) is 6.24. The van der Waals surface area contributed by atoms with Crippen LogP contribution in [0.25, 0.3) is 0 Å². The van der Waals surface area contributed by atoms with Crippen molar-refractivity contribution in [2.75, 3.05) is 0 Å². The van der Waals surface area contributed by atoms with Gasteiger partial charge in [-0.25, -0.2) is 0 Å². The second-order valence-corrected chi connectivity index (χ2v) is 10.4. The molecule has 0 radical (unpaired) electrons. The molecule has 0 bridgehead atoms. The molecule has 4 atom stereocenters. The molecule has 1 aromatic rings. The quantitative estimate of drug-likeness (QED) is 0.478. The van der Waals surface area contributed by atoms with Gasteiger partial charge in [0.25, 0.3) is 0 Å². The fourth-order valence-electron chi connectivity index (χ4n) is 5.84. The van der Waals surface area contributed by atoms with Crippen molar-refractivity contribution in [1.29, 1.82) is 0 Å². The molecule has 2 aliphatic rings. The maximum atomic E-state index is 11.4. The van der Waals surface area contributed by atoms with E-state index in [1.807, 2.05) is 0 Å². The highest BCUT2D eigenvalue weighted by molar-refractivity contribution is 7.81. The summed E-state index contributed by atoms with van der Waals surface area (Å²) in [6, 6.07) is 2.91. The third-order valence-electron chi connectivity index (χ3n) is 7.72. The number of phenolic OH excluding ortho intramolecular Hbond substituents is 1. The predicted octanol–water partition coefficient (Wildman–Crippen LogP) is 4.41. The molecule has 0 saturated heterocycles. The highest BCUT2D eigenvalue weighted by atomic mass is 32.3. The van der Waals surface area contributed by atoms with Crippen LogP contribution >= 0.6 is 0 Å². The summed E-state index contributed by atoms with van der Waals surface area (Å²) < 4.78 is 36.7. The van der Waals surface area contributed by atoms with Gasteiger partial charge in [-0.05, 0) is 78.9 Å². The number of rotatable bonds is 5. The Balaban J connectivity index is 2.09. The van der Waals surface area contributed by atoms with Gasteiger partial charge in [-0.15, -0.1) is 0 Å². The van der Waals surface area contributed by atoms with Crippen LogP contribution in [0, 0.1) is 22.7 Å². The molecule has 3 N–H and O–H groups in total. The molecule has 0 heterocycles.